The Morgan fingerprint density at radius 1 is 0.270 bits per heavy atom. The molecule has 0 radical (unpaired) electrons. The van der Waals surface area contributed by atoms with Gasteiger partial charge in [0.1, 0.15) is 19.3 Å². The Hall–Kier alpha value is -1.94. The van der Waals surface area contributed by atoms with Crippen LogP contribution in [-0.4, -0.2) is 96.7 Å². The summed E-state index contributed by atoms with van der Waals surface area (Å²) >= 11 is 0. The highest BCUT2D eigenvalue weighted by atomic mass is 31.2. The van der Waals surface area contributed by atoms with Crippen LogP contribution < -0.4 is 0 Å². The van der Waals surface area contributed by atoms with Crippen LogP contribution in [0.3, 0.4) is 0 Å². The first-order chi connectivity index (χ1) is 48.4. The van der Waals surface area contributed by atoms with Crippen LogP contribution in [0.1, 0.15) is 427 Å². The lowest BCUT2D eigenvalue weighted by Gasteiger charge is -2.21. The van der Waals surface area contributed by atoms with E-state index in [0.29, 0.717) is 31.6 Å². The lowest BCUT2D eigenvalue weighted by atomic mass is 10.0. The molecule has 2 unspecified atom stereocenters. The van der Waals surface area contributed by atoms with Crippen molar-refractivity contribution in [2.75, 3.05) is 39.6 Å². The number of hydrogen-bond acceptors (Lipinski definition) is 15. The van der Waals surface area contributed by atoms with E-state index in [9.17, 15) is 43.2 Å². The van der Waals surface area contributed by atoms with Crippen molar-refractivity contribution >= 4 is 39.5 Å². The van der Waals surface area contributed by atoms with Crippen LogP contribution in [0.4, 0.5) is 0 Å². The summed E-state index contributed by atoms with van der Waals surface area (Å²) in [6, 6.07) is 0. The molecule has 0 saturated heterocycles. The number of unbranched alkanes of at least 4 members (excludes halogenated alkanes) is 50. The van der Waals surface area contributed by atoms with Crippen LogP contribution in [0.5, 0.6) is 0 Å². The fourth-order valence-electron chi connectivity index (χ4n) is 12.5. The van der Waals surface area contributed by atoms with Gasteiger partial charge in [0.15, 0.2) is 12.2 Å². The zero-order valence-corrected chi connectivity index (χ0v) is 67.3. The molecule has 19 heteroatoms. The average molecular weight is 1470 g/mol. The molecule has 0 aliphatic rings. The van der Waals surface area contributed by atoms with Crippen molar-refractivity contribution in [3.05, 3.63) is 0 Å². The molecule has 0 bridgehead atoms. The molecule has 17 nitrogen and oxygen atoms in total. The number of phosphoric acid groups is 2. The number of phosphoric ester groups is 2. The third-order valence-corrected chi connectivity index (χ3v) is 20.9. The topological polar surface area (TPSA) is 237 Å². The number of rotatable bonds is 80. The maximum absolute atomic E-state index is 13.1. The van der Waals surface area contributed by atoms with Gasteiger partial charge in [-0.15, -0.1) is 0 Å². The van der Waals surface area contributed by atoms with Crippen molar-refractivity contribution in [2.45, 2.75) is 445 Å². The first-order valence-corrected chi connectivity index (χ1v) is 45.0. The first kappa shape index (κ1) is 98.1. The van der Waals surface area contributed by atoms with Gasteiger partial charge in [-0.1, -0.05) is 375 Å². The summed E-state index contributed by atoms with van der Waals surface area (Å²) in [5, 5.41) is 10.6. The summed E-state index contributed by atoms with van der Waals surface area (Å²) < 4.78 is 68.7. The van der Waals surface area contributed by atoms with Crippen molar-refractivity contribution in [1.29, 1.82) is 0 Å². The number of ether oxygens (including phenoxy) is 4. The van der Waals surface area contributed by atoms with Crippen LogP contribution in [0.25, 0.3) is 0 Å². The van der Waals surface area contributed by atoms with Crippen molar-refractivity contribution in [3.63, 3.8) is 0 Å². The molecule has 5 atom stereocenters. The summed E-state index contributed by atoms with van der Waals surface area (Å²) in [7, 11) is -9.92. The molecule has 594 valence electrons. The Labute approximate surface area is 613 Å². The van der Waals surface area contributed by atoms with E-state index in [-0.39, 0.29) is 25.7 Å². The van der Waals surface area contributed by atoms with Crippen molar-refractivity contribution < 1.29 is 80.2 Å². The van der Waals surface area contributed by atoms with Gasteiger partial charge >= 0.3 is 39.5 Å². The summed E-state index contributed by atoms with van der Waals surface area (Å²) in [6.45, 7) is 9.61. The lowest BCUT2D eigenvalue weighted by molar-refractivity contribution is -0.161. The molecule has 0 saturated carbocycles. The van der Waals surface area contributed by atoms with Crippen LogP contribution in [0.15, 0.2) is 0 Å². The molecule has 0 aromatic heterocycles. The Morgan fingerprint density at radius 3 is 0.680 bits per heavy atom. The zero-order chi connectivity index (χ0) is 73.5. The van der Waals surface area contributed by atoms with E-state index in [1.807, 2.05) is 0 Å². The van der Waals surface area contributed by atoms with Crippen LogP contribution in [-0.2, 0) is 65.4 Å². The normalized spacial score (nSPS) is 13.9. The van der Waals surface area contributed by atoms with Gasteiger partial charge in [0.2, 0.25) is 0 Å². The van der Waals surface area contributed by atoms with Gasteiger partial charge in [-0.3, -0.25) is 37.3 Å². The molecule has 0 heterocycles. The van der Waals surface area contributed by atoms with E-state index in [1.165, 1.54) is 238 Å². The third-order valence-electron chi connectivity index (χ3n) is 19.0. The molecule has 3 N–H and O–H groups in total. The van der Waals surface area contributed by atoms with Gasteiger partial charge in [0, 0.05) is 25.7 Å². The van der Waals surface area contributed by atoms with Gasteiger partial charge in [0.25, 0.3) is 0 Å². The standard InChI is InChI=1S/C81H158O17P2/c1-7-9-11-13-15-17-19-21-23-24-25-26-27-33-37-41-47-54-60-66-80(85)97-76(69-91-78(83)63-57-51-45-39-35-32-29-28-30-34-38-43-49-55-61-73(3)4)71-95-99(87,88)93-67-75(82)68-94-100(89,90)96-72-77(70-92-79(84)64-58-52-48-42-44-50-56-62-74(5)6)98-81(86)65-59-53-46-40-36-31-22-20-18-16-14-12-10-8-2/h73-77,82H,7-72H2,1-6H3,(H,87,88)(H,89,90)/t75-,76-,77-/m1/s1. The van der Waals surface area contributed by atoms with Crippen molar-refractivity contribution in [1.82, 2.24) is 0 Å². The second-order valence-electron chi connectivity index (χ2n) is 30.1. The monoisotopic (exact) mass is 1470 g/mol. The predicted octanol–water partition coefficient (Wildman–Crippen LogP) is 24.3. The fourth-order valence-corrected chi connectivity index (χ4v) is 14.1. The van der Waals surface area contributed by atoms with E-state index < -0.39 is 97.5 Å². The van der Waals surface area contributed by atoms with E-state index in [1.54, 1.807) is 0 Å². The van der Waals surface area contributed by atoms with Gasteiger partial charge in [-0.05, 0) is 37.5 Å². The summed E-state index contributed by atoms with van der Waals surface area (Å²) in [5.41, 5.74) is 0. The lowest BCUT2D eigenvalue weighted by Crippen LogP contribution is -2.30. The molecule has 0 aliphatic carbocycles. The Kier molecular flexibility index (Phi) is 71.2. The maximum atomic E-state index is 13.1. The van der Waals surface area contributed by atoms with E-state index >= 15 is 0 Å². The molecule has 0 spiro atoms. The summed E-state index contributed by atoms with van der Waals surface area (Å²) in [6.07, 6.45) is 62.5. The van der Waals surface area contributed by atoms with Crippen LogP contribution >= 0.6 is 15.6 Å². The van der Waals surface area contributed by atoms with Crippen LogP contribution in [0, 0.1) is 11.8 Å². The molecular formula is C81H158O17P2. The quantitative estimate of drug-likeness (QED) is 0.0222. The minimum atomic E-state index is -4.96. The first-order valence-electron chi connectivity index (χ1n) is 42.0. The maximum Gasteiger partial charge on any atom is 0.472 e. The zero-order valence-electron chi connectivity index (χ0n) is 65.5. The Morgan fingerprint density at radius 2 is 0.460 bits per heavy atom. The number of hydrogen-bond donors (Lipinski definition) is 3. The molecule has 0 amide bonds. The Balaban J connectivity index is 5.24. The molecule has 0 aliphatic heterocycles. The largest absolute Gasteiger partial charge is 0.472 e. The summed E-state index contributed by atoms with van der Waals surface area (Å²) in [4.78, 5) is 73.0. The number of carbonyl (C=O) groups is 4. The van der Waals surface area contributed by atoms with Gasteiger partial charge < -0.3 is 33.8 Å². The van der Waals surface area contributed by atoms with Crippen LogP contribution in [0.2, 0.25) is 0 Å². The molecule has 0 aromatic rings. The molecule has 0 rings (SSSR count). The highest BCUT2D eigenvalue weighted by molar-refractivity contribution is 7.47. The SMILES string of the molecule is CCCCCCCCCCCCCCCCCCCCCC(=O)O[C@H](COC(=O)CCCCCCCCCCCCCCCCC(C)C)COP(=O)(O)OC[C@@H](O)COP(=O)(O)OC[C@@H](COC(=O)CCCCCCCCCC(C)C)OC(=O)CCCCCCCCCCCCCCCC. The number of aliphatic hydroxyl groups excluding tert-OH is 1. The second-order valence-corrected chi connectivity index (χ2v) is 33.0. The third kappa shape index (κ3) is 74.3. The second kappa shape index (κ2) is 72.6. The minimum Gasteiger partial charge on any atom is -0.462 e. The minimum absolute atomic E-state index is 0.107. The molecule has 0 aromatic carbocycles. The highest BCUT2D eigenvalue weighted by Gasteiger charge is 2.30. The van der Waals surface area contributed by atoms with Crippen molar-refractivity contribution in [2.24, 2.45) is 11.8 Å². The Bertz CT molecular complexity index is 1920. The number of aliphatic hydroxyl groups is 1. The smallest absolute Gasteiger partial charge is 0.462 e. The average Bonchev–Trinajstić information content (AvgIpc) is 0.916. The van der Waals surface area contributed by atoms with Gasteiger partial charge in [0.05, 0.1) is 26.4 Å². The number of esters is 4. The summed E-state index contributed by atoms with van der Waals surface area (Å²) in [5.74, 6) is -0.604. The predicted molar refractivity (Wildman–Crippen MR) is 409 cm³/mol. The van der Waals surface area contributed by atoms with E-state index in [2.05, 4.69) is 41.5 Å². The molecule has 0 fully saturated rings. The number of carbonyl (C=O) groups excluding carboxylic acids is 4. The van der Waals surface area contributed by atoms with Gasteiger partial charge in [-0.2, -0.15) is 0 Å². The molecule has 100 heavy (non-hydrogen) atoms. The van der Waals surface area contributed by atoms with E-state index in [0.717, 1.165) is 102 Å². The fraction of sp³-hybridized carbons (Fsp3) is 0.951. The van der Waals surface area contributed by atoms with Gasteiger partial charge in [-0.25, -0.2) is 9.13 Å². The van der Waals surface area contributed by atoms with Crippen molar-refractivity contribution in [3.8, 4) is 0 Å². The molecular weight excluding hydrogens is 1310 g/mol. The highest BCUT2D eigenvalue weighted by Crippen LogP contribution is 2.45. The van der Waals surface area contributed by atoms with E-state index in [4.69, 9.17) is 37.0 Å².